The van der Waals surface area contributed by atoms with Gasteiger partial charge in [0.2, 0.25) is 0 Å². The summed E-state index contributed by atoms with van der Waals surface area (Å²) in [4.78, 5) is 10.5. The molecule has 0 fully saturated rings. The molecule has 1 aromatic rings. The van der Waals surface area contributed by atoms with Gasteiger partial charge in [-0.1, -0.05) is 19.1 Å². The van der Waals surface area contributed by atoms with Crippen LogP contribution in [0.1, 0.15) is 30.4 Å². The second kappa shape index (κ2) is 6.28. The van der Waals surface area contributed by atoms with Crippen LogP contribution in [0.3, 0.4) is 0 Å². The van der Waals surface area contributed by atoms with Crippen molar-refractivity contribution in [1.82, 2.24) is 0 Å². The van der Waals surface area contributed by atoms with Gasteiger partial charge in [0.15, 0.2) is 0 Å². The van der Waals surface area contributed by atoms with Crippen molar-refractivity contribution in [3.63, 3.8) is 0 Å². The molecule has 0 aliphatic carbocycles. The Kier molecular flexibility index (Phi) is 4.99. The highest BCUT2D eigenvalue weighted by molar-refractivity contribution is 5.52. The van der Waals surface area contributed by atoms with E-state index in [0.717, 1.165) is 23.2 Å². The smallest absolute Gasteiger partial charge is 0.124 e. The van der Waals surface area contributed by atoms with Crippen LogP contribution in [-0.2, 0) is 16.1 Å². The van der Waals surface area contributed by atoms with Gasteiger partial charge in [-0.2, -0.15) is 0 Å². The standard InChI is InChI=1S/C13H18O3/c1-10(6-7-14)11-4-5-12(9-15-2)13(8-11)16-3/h4-5,7-8,10H,6,9H2,1-3H3. The molecular weight excluding hydrogens is 204 g/mol. The average molecular weight is 222 g/mol. The van der Waals surface area contributed by atoms with Crippen LogP contribution in [-0.4, -0.2) is 20.5 Å². The fourth-order valence-corrected chi connectivity index (χ4v) is 1.62. The van der Waals surface area contributed by atoms with Crippen molar-refractivity contribution in [3.05, 3.63) is 29.3 Å². The third kappa shape index (κ3) is 3.07. The molecular formula is C13H18O3. The Morgan fingerprint density at radius 3 is 2.69 bits per heavy atom. The van der Waals surface area contributed by atoms with Crippen LogP contribution in [0, 0.1) is 0 Å². The van der Waals surface area contributed by atoms with Gasteiger partial charge < -0.3 is 14.3 Å². The second-order valence-corrected chi connectivity index (χ2v) is 3.81. The maximum atomic E-state index is 10.5. The van der Waals surface area contributed by atoms with Crippen molar-refractivity contribution in [1.29, 1.82) is 0 Å². The number of hydrogen-bond donors (Lipinski definition) is 0. The first-order chi connectivity index (χ1) is 7.72. The fraction of sp³-hybridized carbons (Fsp3) is 0.462. The van der Waals surface area contributed by atoms with Gasteiger partial charge in [0.05, 0.1) is 13.7 Å². The monoisotopic (exact) mass is 222 g/mol. The van der Waals surface area contributed by atoms with Crippen molar-refractivity contribution < 1.29 is 14.3 Å². The van der Waals surface area contributed by atoms with Crippen molar-refractivity contribution >= 4 is 6.29 Å². The minimum absolute atomic E-state index is 0.225. The Hall–Kier alpha value is -1.35. The van der Waals surface area contributed by atoms with Crippen molar-refractivity contribution in [2.45, 2.75) is 25.9 Å². The Morgan fingerprint density at radius 2 is 2.12 bits per heavy atom. The summed E-state index contributed by atoms with van der Waals surface area (Å²) in [5, 5.41) is 0. The third-order valence-electron chi connectivity index (χ3n) is 2.63. The van der Waals surface area contributed by atoms with E-state index in [1.807, 2.05) is 25.1 Å². The molecule has 0 saturated carbocycles. The van der Waals surface area contributed by atoms with E-state index in [1.165, 1.54) is 0 Å². The zero-order valence-corrected chi connectivity index (χ0v) is 10.0. The van der Waals surface area contributed by atoms with E-state index in [2.05, 4.69) is 0 Å². The van der Waals surface area contributed by atoms with Gasteiger partial charge in [-0.3, -0.25) is 0 Å². The number of ether oxygens (including phenoxy) is 2. The van der Waals surface area contributed by atoms with E-state index < -0.39 is 0 Å². The lowest BCUT2D eigenvalue weighted by Crippen LogP contribution is -1.99. The molecule has 88 valence electrons. The molecule has 3 heteroatoms. The second-order valence-electron chi connectivity index (χ2n) is 3.81. The molecule has 1 atom stereocenters. The molecule has 0 aliphatic rings. The number of benzene rings is 1. The first-order valence-electron chi connectivity index (χ1n) is 5.32. The minimum atomic E-state index is 0.225. The summed E-state index contributed by atoms with van der Waals surface area (Å²) >= 11 is 0. The van der Waals surface area contributed by atoms with Gasteiger partial charge >= 0.3 is 0 Å². The lowest BCUT2D eigenvalue weighted by molar-refractivity contribution is -0.108. The van der Waals surface area contributed by atoms with Crippen LogP contribution in [0.25, 0.3) is 0 Å². The third-order valence-corrected chi connectivity index (χ3v) is 2.63. The van der Waals surface area contributed by atoms with Crippen molar-refractivity contribution in [2.24, 2.45) is 0 Å². The summed E-state index contributed by atoms with van der Waals surface area (Å²) in [6.07, 6.45) is 1.48. The Balaban J connectivity index is 2.93. The molecule has 0 spiro atoms. The normalized spacial score (nSPS) is 12.2. The molecule has 0 saturated heterocycles. The lowest BCUT2D eigenvalue weighted by atomic mass is 9.97. The van der Waals surface area contributed by atoms with Gasteiger partial charge in [-0.25, -0.2) is 0 Å². The number of carbonyl (C=O) groups is 1. The van der Waals surface area contributed by atoms with E-state index >= 15 is 0 Å². The van der Waals surface area contributed by atoms with E-state index in [9.17, 15) is 4.79 Å². The van der Waals surface area contributed by atoms with Gasteiger partial charge in [0.1, 0.15) is 12.0 Å². The number of hydrogen-bond acceptors (Lipinski definition) is 3. The van der Waals surface area contributed by atoms with Crippen LogP contribution in [0.2, 0.25) is 0 Å². The molecule has 1 rings (SSSR count). The van der Waals surface area contributed by atoms with Crippen LogP contribution in [0.5, 0.6) is 5.75 Å². The summed E-state index contributed by atoms with van der Waals surface area (Å²) in [6.45, 7) is 2.56. The zero-order chi connectivity index (χ0) is 12.0. The number of aldehydes is 1. The Labute approximate surface area is 96.4 Å². The highest BCUT2D eigenvalue weighted by Gasteiger charge is 2.09. The molecule has 0 radical (unpaired) electrons. The van der Waals surface area contributed by atoms with Crippen LogP contribution >= 0.6 is 0 Å². The van der Waals surface area contributed by atoms with Crippen molar-refractivity contribution in [2.75, 3.05) is 14.2 Å². The highest BCUT2D eigenvalue weighted by Crippen LogP contribution is 2.26. The van der Waals surface area contributed by atoms with Gasteiger partial charge in [-0.15, -0.1) is 0 Å². The molecule has 3 nitrogen and oxygen atoms in total. The number of carbonyl (C=O) groups excluding carboxylic acids is 1. The molecule has 0 aromatic heterocycles. The molecule has 0 aliphatic heterocycles. The van der Waals surface area contributed by atoms with Gasteiger partial charge in [0, 0.05) is 19.1 Å². The van der Waals surface area contributed by atoms with Crippen LogP contribution in [0.4, 0.5) is 0 Å². The first kappa shape index (κ1) is 12.7. The predicted molar refractivity (Wildman–Crippen MR) is 62.8 cm³/mol. The summed E-state index contributed by atoms with van der Waals surface area (Å²) in [5.41, 5.74) is 2.14. The molecule has 0 N–H and O–H groups in total. The fourth-order valence-electron chi connectivity index (χ4n) is 1.62. The molecule has 1 unspecified atom stereocenters. The molecule has 1 aromatic carbocycles. The summed E-state index contributed by atoms with van der Waals surface area (Å²) in [6, 6.07) is 5.98. The zero-order valence-electron chi connectivity index (χ0n) is 10.0. The lowest BCUT2D eigenvalue weighted by Gasteiger charge is -2.13. The van der Waals surface area contributed by atoms with Crippen LogP contribution < -0.4 is 4.74 Å². The van der Waals surface area contributed by atoms with E-state index in [4.69, 9.17) is 9.47 Å². The summed E-state index contributed by atoms with van der Waals surface area (Å²) in [7, 11) is 3.30. The van der Waals surface area contributed by atoms with E-state index in [-0.39, 0.29) is 5.92 Å². The molecule has 0 heterocycles. The van der Waals surface area contributed by atoms with Crippen molar-refractivity contribution in [3.8, 4) is 5.75 Å². The van der Waals surface area contributed by atoms with Crippen LogP contribution in [0.15, 0.2) is 18.2 Å². The Bertz CT molecular complexity index is 347. The average Bonchev–Trinajstić information content (AvgIpc) is 2.30. The molecule has 0 amide bonds. The maximum Gasteiger partial charge on any atom is 0.124 e. The Morgan fingerprint density at radius 1 is 1.38 bits per heavy atom. The first-order valence-corrected chi connectivity index (χ1v) is 5.32. The molecule has 0 bridgehead atoms. The van der Waals surface area contributed by atoms with Gasteiger partial charge in [0.25, 0.3) is 0 Å². The highest BCUT2D eigenvalue weighted by atomic mass is 16.5. The number of methoxy groups -OCH3 is 2. The largest absolute Gasteiger partial charge is 0.496 e. The predicted octanol–water partition coefficient (Wildman–Crippen LogP) is 2.53. The maximum absolute atomic E-state index is 10.5. The summed E-state index contributed by atoms with van der Waals surface area (Å²) < 4.78 is 10.4. The quantitative estimate of drug-likeness (QED) is 0.694. The molecule has 16 heavy (non-hydrogen) atoms. The number of rotatable bonds is 6. The topological polar surface area (TPSA) is 35.5 Å². The van der Waals surface area contributed by atoms with Gasteiger partial charge in [-0.05, 0) is 17.5 Å². The van der Waals surface area contributed by atoms with E-state index in [1.54, 1.807) is 14.2 Å². The summed E-state index contributed by atoms with van der Waals surface area (Å²) in [5.74, 6) is 1.04. The SMILES string of the molecule is COCc1ccc(C(C)CC=O)cc1OC. The van der Waals surface area contributed by atoms with E-state index in [0.29, 0.717) is 13.0 Å². The minimum Gasteiger partial charge on any atom is -0.496 e.